The highest BCUT2D eigenvalue weighted by Crippen LogP contribution is 2.42. The van der Waals surface area contributed by atoms with Crippen molar-refractivity contribution >= 4 is 11.6 Å². The Balaban J connectivity index is 1.98. The van der Waals surface area contributed by atoms with Crippen molar-refractivity contribution in [3.05, 3.63) is 0 Å². The third-order valence-electron chi connectivity index (χ3n) is 3.67. The summed E-state index contributed by atoms with van der Waals surface area (Å²) in [6.07, 6.45) is 3.38. The van der Waals surface area contributed by atoms with Gasteiger partial charge in [-0.15, -0.1) is 11.6 Å². The molecule has 2 aliphatic rings. The molecule has 1 saturated heterocycles. The molecule has 0 aromatic carbocycles. The van der Waals surface area contributed by atoms with Gasteiger partial charge >= 0.3 is 0 Å². The number of ether oxygens (including phenoxy) is 2. The van der Waals surface area contributed by atoms with Crippen LogP contribution in [0.25, 0.3) is 0 Å². The molecule has 0 amide bonds. The van der Waals surface area contributed by atoms with E-state index < -0.39 is 0 Å². The fourth-order valence-electron chi connectivity index (χ4n) is 2.46. The van der Waals surface area contributed by atoms with Crippen molar-refractivity contribution in [2.75, 3.05) is 12.5 Å². The molecule has 2 fully saturated rings. The molecule has 4 unspecified atom stereocenters. The third kappa shape index (κ3) is 1.93. The molecule has 2 nitrogen and oxygen atoms in total. The number of alkyl halides is 1. The molecular formula is C11H19ClO2. The van der Waals surface area contributed by atoms with Gasteiger partial charge in [-0.05, 0) is 18.3 Å². The molecule has 1 aliphatic heterocycles. The van der Waals surface area contributed by atoms with Crippen LogP contribution in [0.2, 0.25) is 0 Å². The van der Waals surface area contributed by atoms with Gasteiger partial charge in [0.15, 0.2) is 5.79 Å². The highest BCUT2D eigenvalue weighted by molar-refractivity contribution is 6.18. The molecular weight excluding hydrogens is 200 g/mol. The fraction of sp³-hybridized carbons (Fsp3) is 1.00. The Morgan fingerprint density at radius 3 is 2.71 bits per heavy atom. The van der Waals surface area contributed by atoms with Gasteiger partial charge in [-0.25, -0.2) is 0 Å². The third-order valence-corrected chi connectivity index (χ3v) is 4.01. The van der Waals surface area contributed by atoms with Crippen LogP contribution in [0.1, 0.15) is 33.1 Å². The van der Waals surface area contributed by atoms with Gasteiger partial charge in [-0.3, -0.25) is 0 Å². The van der Waals surface area contributed by atoms with E-state index in [9.17, 15) is 0 Å². The average Bonchev–Trinajstić information content (AvgIpc) is 2.56. The molecule has 2 rings (SSSR count). The van der Waals surface area contributed by atoms with E-state index in [4.69, 9.17) is 21.1 Å². The van der Waals surface area contributed by atoms with Gasteiger partial charge in [0.25, 0.3) is 0 Å². The number of hydrogen-bond acceptors (Lipinski definition) is 2. The topological polar surface area (TPSA) is 18.5 Å². The molecule has 0 aromatic rings. The highest BCUT2D eigenvalue weighted by atomic mass is 35.5. The number of halogens is 1. The van der Waals surface area contributed by atoms with Crippen LogP contribution in [0.5, 0.6) is 0 Å². The Bertz CT molecular complexity index is 209. The summed E-state index contributed by atoms with van der Waals surface area (Å²) in [5, 5.41) is 0. The van der Waals surface area contributed by atoms with E-state index in [0.717, 1.165) is 18.8 Å². The van der Waals surface area contributed by atoms with Crippen LogP contribution in [0.4, 0.5) is 0 Å². The van der Waals surface area contributed by atoms with E-state index in [1.54, 1.807) is 0 Å². The summed E-state index contributed by atoms with van der Waals surface area (Å²) in [4.78, 5) is 0. The van der Waals surface area contributed by atoms with Crippen molar-refractivity contribution < 1.29 is 9.47 Å². The second-order valence-corrected chi connectivity index (χ2v) is 5.12. The lowest BCUT2D eigenvalue weighted by Crippen LogP contribution is -2.39. The van der Waals surface area contributed by atoms with Crippen LogP contribution in [0, 0.1) is 11.8 Å². The van der Waals surface area contributed by atoms with Crippen molar-refractivity contribution in [2.24, 2.45) is 11.8 Å². The van der Waals surface area contributed by atoms with Crippen molar-refractivity contribution in [2.45, 2.75) is 45.0 Å². The predicted octanol–water partition coefficient (Wildman–Crippen LogP) is 2.79. The molecule has 4 atom stereocenters. The second kappa shape index (κ2) is 3.99. The zero-order chi connectivity index (χ0) is 10.2. The van der Waals surface area contributed by atoms with Crippen LogP contribution in [-0.4, -0.2) is 24.4 Å². The molecule has 0 N–H and O–H groups in total. The van der Waals surface area contributed by atoms with Crippen LogP contribution in [-0.2, 0) is 9.47 Å². The summed E-state index contributed by atoms with van der Waals surface area (Å²) >= 11 is 5.77. The summed E-state index contributed by atoms with van der Waals surface area (Å²) in [5.41, 5.74) is 0. The Kier molecular flexibility index (Phi) is 3.06. The SMILES string of the molecule is CC1CCC2(CC1C)OCC(CCl)O2. The molecule has 1 heterocycles. The average molecular weight is 219 g/mol. The predicted molar refractivity (Wildman–Crippen MR) is 56.5 cm³/mol. The van der Waals surface area contributed by atoms with Gasteiger partial charge in [0.05, 0.1) is 18.6 Å². The quantitative estimate of drug-likeness (QED) is 0.631. The van der Waals surface area contributed by atoms with Crippen molar-refractivity contribution in [1.82, 2.24) is 0 Å². The lowest BCUT2D eigenvalue weighted by atomic mass is 9.78. The Morgan fingerprint density at radius 2 is 2.14 bits per heavy atom. The summed E-state index contributed by atoms with van der Waals surface area (Å²) in [6.45, 7) is 5.27. The van der Waals surface area contributed by atoms with Gasteiger partial charge in [0.1, 0.15) is 0 Å². The molecule has 0 radical (unpaired) electrons. The smallest absolute Gasteiger partial charge is 0.169 e. The van der Waals surface area contributed by atoms with Gasteiger partial charge in [0.2, 0.25) is 0 Å². The minimum absolute atomic E-state index is 0.109. The molecule has 1 spiro atoms. The van der Waals surface area contributed by atoms with E-state index in [1.165, 1.54) is 6.42 Å². The fourth-order valence-corrected chi connectivity index (χ4v) is 2.61. The maximum atomic E-state index is 5.90. The summed E-state index contributed by atoms with van der Waals surface area (Å²) < 4.78 is 11.7. The first-order valence-electron chi connectivity index (χ1n) is 5.53. The van der Waals surface area contributed by atoms with E-state index in [0.29, 0.717) is 18.4 Å². The van der Waals surface area contributed by atoms with E-state index in [1.807, 2.05) is 0 Å². The number of hydrogen-bond donors (Lipinski definition) is 0. The minimum Gasteiger partial charge on any atom is -0.347 e. The first-order valence-corrected chi connectivity index (χ1v) is 6.06. The van der Waals surface area contributed by atoms with Crippen LogP contribution in [0.15, 0.2) is 0 Å². The summed E-state index contributed by atoms with van der Waals surface area (Å²) in [7, 11) is 0. The van der Waals surface area contributed by atoms with Gasteiger partial charge < -0.3 is 9.47 Å². The van der Waals surface area contributed by atoms with Crippen LogP contribution < -0.4 is 0 Å². The lowest BCUT2D eigenvalue weighted by Gasteiger charge is -2.38. The normalized spacial score (nSPS) is 48.6. The van der Waals surface area contributed by atoms with Crippen molar-refractivity contribution in [3.63, 3.8) is 0 Å². The lowest BCUT2D eigenvalue weighted by molar-refractivity contribution is -0.199. The molecule has 82 valence electrons. The van der Waals surface area contributed by atoms with Crippen LogP contribution >= 0.6 is 11.6 Å². The summed E-state index contributed by atoms with van der Waals surface area (Å²) in [5.74, 6) is 1.75. The first-order chi connectivity index (χ1) is 6.65. The Morgan fingerprint density at radius 1 is 1.36 bits per heavy atom. The van der Waals surface area contributed by atoms with Gasteiger partial charge in [0, 0.05) is 12.8 Å². The summed E-state index contributed by atoms with van der Waals surface area (Å²) in [6, 6.07) is 0. The van der Waals surface area contributed by atoms with Gasteiger partial charge in [-0.1, -0.05) is 13.8 Å². The maximum absolute atomic E-state index is 5.90. The molecule has 0 aromatic heterocycles. The molecule has 1 saturated carbocycles. The standard InChI is InChI=1S/C11H19ClO2/c1-8-3-4-11(5-9(8)2)13-7-10(6-12)14-11/h8-10H,3-7H2,1-2H3. The Labute approximate surface area is 90.9 Å². The molecule has 14 heavy (non-hydrogen) atoms. The Hall–Kier alpha value is 0.210. The van der Waals surface area contributed by atoms with E-state index in [2.05, 4.69) is 13.8 Å². The zero-order valence-electron chi connectivity index (χ0n) is 8.96. The molecule has 1 aliphatic carbocycles. The molecule has 3 heteroatoms. The van der Waals surface area contributed by atoms with Crippen LogP contribution in [0.3, 0.4) is 0 Å². The first kappa shape index (κ1) is 10.7. The van der Waals surface area contributed by atoms with Gasteiger partial charge in [-0.2, -0.15) is 0 Å². The zero-order valence-corrected chi connectivity index (χ0v) is 9.72. The van der Waals surface area contributed by atoms with Crippen molar-refractivity contribution in [3.8, 4) is 0 Å². The molecule has 0 bridgehead atoms. The largest absolute Gasteiger partial charge is 0.347 e. The van der Waals surface area contributed by atoms with E-state index in [-0.39, 0.29) is 11.9 Å². The van der Waals surface area contributed by atoms with Crippen molar-refractivity contribution in [1.29, 1.82) is 0 Å². The minimum atomic E-state index is -0.286. The maximum Gasteiger partial charge on any atom is 0.169 e. The highest BCUT2D eigenvalue weighted by Gasteiger charge is 2.45. The van der Waals surface area contributed by atoms with E-state index >= 15 is 0 Å². The number of rotatable bonds is 1. The second-order valence-electron chi connectivity index (χ2n) is 4.81. The monoisotopic (exact) mass is 218 g/mol.